The van der Waals surface area contributed by atoms with Crippen LogP contribution in [0.2, 0.25) is 0 Å². The minimum atomic E-state index is 0.0340. The molecule has 0 aliphatic carbocycles. The number of carbonyl (C=O) groups excluding carboxylic acids is 1. The van der Waals surface area contributed by atoms with E-state index in [1.165, 1.54) is 0 Å². The van der Waals surface area contributed by atoms with E-state index in [1.807, 2.05) is 42.5 Å². The third-order valence-corrected chi connectivity index (χ3v) is 2.94. The first-order valence-corrected chi connectivity index (χ1v) is 5.81. The van der Waals surface area contributed by atoms with Crippen LogP contribution in [0.15, 0.2) is 48.5 Å². The van der Waals surface area contributed by atoms with Gasteiger partial charge in [0.15, 0.2) is 5.78 Å². The normalized spacial score (nSPS) is 10.7. The number of benzene rings is 2. The molecule has 0 unspecified atom stereocenters. The maximum absolute atomic E-state index is 11.6. The molecule has 3 heteroatoms. The van der Waals surface area contributed by atoms with Crippen LogP contribution in [0, 0.1) is 0 Å². The van der Waals surface area contributed by atoms with E-state index in [1.54, 1.807) is 13.0 Å². The fourth-order valence-corrected chi connectivity index (χ4v) is 2.05. The van der Waals surface area contributed by atoms with E-state index >= 15 is 0 Å². The van der Waals surface area contributed by atoms with Crippen molar-refractivity contribution in [3.05, 3.63) is 54.1 Å². The van der Waals surface area contributed by atoms with E-state index in [-0.39, 0.29) is 5.78 Å². The number of ketones is 1. The van der Waals surface area contributed by atoms with E-state index in [9.17, 15) is 4.79 Å². The largest absolute Gasteiger partial charge is 0.338 e. The summed E-state index contributed by atoms with van der Waals surface area (Å²) in [6.45, 7) is 1.56. The van der Waals surface area contributed by atoms with Crippen LogP contribution in [0.5, 0.6) is 0 Å². The van der Waals surface area contributed by atoms with Gasteiger partial charge < -0.3 is 4.98 Å². The second kappa shape index (κ2) is 4.11. The summed E-state index contributed by atoms with van der Waals surface area (Å²) in [6.07, 6.45) is 0. The highest BCUT2D eigenvalue weighted by Crippen LogP contribution is 2.22. The maximum Gasteiger partial charge on any atom is 0.162 e. The molecule has 1 heterocycles. The van der Waals surface area contributed by atoms with Gasteiger partial charge in [-0.1, -0.05) is 36.4 Å². The number of carbonyl (C=O) groups is 1. The summed E-state index contributed by atoms with van der Waals surface area (Å²) in [5, 5.41) is 0. The average Bonchev–Trinajstić information content (AvgIpc) is 2.83. The van der Waals surface area contributed by atoms with Gasteiger partial charge in [-0.05, 0) is 19.1 Å². The smallest absolute Gasteiger partial charge is 0.162 e. The monoisotopic (exact) mass is 236 g/mol. The van der Waals surface area contributed by atoms with Gasteiger partial charge in [-0.2, -0.15) is 0 Å². The van der Waals surface area contributed by atoms with Crippen molar-refractivity contribution in [1.29, 1.82) is 0 Å². The molecule has 18 heavy (non-hydrogen) atoms. The molecule has 0 spiro atoms. The van der Waals surface area contributed by atoms with Crippen LogP contribution in [0.3, 0.4) is 0 Å². The number of aromatic nitrogens is 2. The molecule has 0 atom stereocenters. The predicted octanol–water partition coefficient (Wildman–Crippen LogP) is 3.43. The average molecular weight is 236 g/mol. The first-order valence-electron chi connectivity index (χ1n) is 5.81. The van der Waals surface area contributed by atoms with Gasteiger partial charge in [-0.25, -0.2) is 4.98 Å². The highest BCUT2D eigenvalue weighted by atomic mass is 16.1. The lowest BCUT2D eigenvalue weighted by molar-refractivity contribution is 0.101. The Kier molecular flexibility index (Phi) is 2.45. The van der Waals surface area contributed by atoms with Gasteiger partial charge in [0.05, 0.1) is 11.0 Å². The molecule has 2 aromatic carbocycles. The standard InChI is InChI=1S/C15H12N2O/c1-10(18)12-8-5-9-13-14(12)17-15(16-13)11-6-3-2-4-7-11/h2-9H,1H3,(H,16,17). The molecule has 0 bridgehead atoms. The highest BCUT2D eigenvalue weighted by molar-refractivity contribution is 6.05. The van der Waals surface area contributed by atoms with Crippen LogP contribution in [-0.2, 0) is 0 Å². The first-order chi connectivity index (χ1) is 8.75. The van der Waals surface area contributed by atoms with Crippen molar-refractivity contribution in [2.45, 2.75) is 6.92 Å². The van der Waals surface area contributed by atoms with Crippen molar-refractivity contribution in [3.63, 3.8) is 0 Å². The molecule has 3 rings (SSSR count). The number of nitrogens with zero attached hydrogens (tertiary/aromatic N) is 1. The Balaban J connectivity index is 2.23. The zero-order chi connectivity index (χ0) is 12.5. The summed E-state index contributed by atoms with van der Waals surface area (Å²) >= 11 is 0. The van der Waals surface area contributed by atoms with Crippen molar-refractivity contribution in [1.82, 2.24) is 9.97 Å². The Morgan fingerprint density at radius 2 is 1.83 bits per heavy atom. The number of hydrogen-bond acceptors (Lipinski definition) is 2. The number of H-pyrrole nitrogens is 1. The molecule has 88 valence electrons. The number of imidazole rings is 1. The number of nitrogens with one attached hydrogen (secondary N) is 1. The molecule has 3 aromatic rings. The lowest BCUT2D eigenvalue weighted by atomic mass is 10.1. The second-order valence-electron chi connectivity index (χ2n) is 4.21. The third kappa shape index (κ3) is 1.70. The molecule has 0 saturated heterocycles. The fourth-order valence-electron chi connectivity index (χ4n) is 2.05. The number of aromatic amines is 1. The van der Waals surface area contributed by atoms with E-state index in [4.69, 9.17) is 0 Å². The zero-order valence-electron chi connectivity index (χ0n) is 9.97. The van der Waals surface area contributed by atoms with E-state index in [0.29, 0.717) is 5.56 Å². The molecule has 0 saturated carbocycles. The summed E-state index contributed by atoms with van der Waals surface area (Å²) in [5.41, 5.74) is 3.31. The van der Waals surface area contributed by atoms with Crippen LogP contribution in [-0.4, -0.2) is 15.8 Å². The van der Waals surface area contributed by atoms with Gasteiger partial charge in [0.1, 0.15) is 5.82 Å². The SMILES string of the molecule is CC(=O)c1cccc2[nH]c(-c3ccccc3)nc12. The van der Waals surface area contributed by atoms with Gasteiger partial charge in [0.2, 0.25) is 0 Å². The van der Waals surface area contributed by atoms with Gasteiger partial charge in [0, 0.05) is 11.1 Å². The molecule has 0 aliphatic heterocycles. The van der Waals surface area contributed by atoms with E-state index < -0.39 is 0 Å². The second-order valence-corrected chi connectivity index (χ2v) is 4.21. The molecule has 0 fully saturated rings. The molecule has 0 amide bonds. The summed E-state index contributed by atoms with van der Waals surface area (Å²) in [6, 6.07) is 15.5. The zero-order valence-corrected chi connectivity index (χ0v) is 9.97. The van der Waals surface area contributed by atoms with Crippen LogP contribution in [0.4, 0.5) is 0 Å². The fraction of sp³-hybridized carbons (Fsp3) is 0.0667. The highest BCUT2D eigenvalue weighted by Gasteiger charge is 2.10. The van der Waals surface area contributed by atoms with E-state index in [2.05, 4.69) is 9.97 Å². The Hall–Kier alpha value is -2.42. The Morgan fingerprint density at radius 3 is 2.56 bits per heavy atom. The molecular formula is C15H12N2O. The molecule has 1 aromatic heterocycles. The van der Waals surface area contributed by atoms with Crippen LogP contribution in [0.25, 0.3) is 22.4 Å². The topological polar surface area (TPSA) is 45.8 Å². The summed E-state index contributed by atoms with van der Waals surface area (Å²) < 4.78 is 0. The van der Waals surface area contributed by atoms with Gasteiger partial charge in [-0.15, -0.1) is 0 Å². The predicted molar refractivity (Wildman–Crippen MR) is 71.5 cm³/mol. The quantitative estimate of drug-likeness (QED) is 0.693. The lowest BCUT2D eigenvalue weighted by Crippen LogP contribution is -1.92. The molecule has 0 radical (unpaired) electrons. The number of fused-ring (bicyclic) bond motifs is 1. The van der Waals surface area contributed by atoms with Crippen molar-refractivity contribution in [2.75, 3.05) is 0 Å². The van der Waals surface area contributed by atoms with Crippen LogP contribution in [0.1, 0.15) is 17.3 Å². The Bertz CT molecular complexity index is 714. The minimum absolute atomic E-state index is 0.0340. The van der Waals surface area contributed by atoms with Crippen LogP contribution < -0.4 is 0 Å². The third-order valence-electron chi connectivity index (χ3n) is 2.94. The van der Waals surface area contributed by atoms with Gasteiger partial charge in [-0.3, -0.25) is 4.79 Å². The Labute approximate surface area is 104 Å². The Morgan fingerprint density at radius 1 is 1.06 bits per heavy atom. The first kappa shape index (κ1) is 10.7. The summed E-state index contributed by atoms with van der Waals surface area (Å²) in [7, 11) is 0. The van der Waals surface area contributed by atoms with Gasteiger partial charge in [0.25, 0.3) is 0 Å². The summed E-state index contributed by atoms with van der Waals surface area (Å²) in [5.74, 6) is 0.825. The lowest BCUT2D eigenvalue weighted by Gasteiger charge is -1.95. The molecule has 3 nitrogen and oxygen atoms in total. The number of hydrogen-bond donors (Lipinski definition) is 1. The molecule has 1 N–H and O–H groups in total. The number of rotatable bonds is 2. The molecule has 0 aliphatic rings. The van der Waals surface area contributed by atoms with Gasteiger partial charge >= 0.3 is 0 Å². The van der Waals surface area contributed by atoms with Crippen molar-refractivity contribution in [2.24, 2.45) is 0 Å². The maximum atomic E-state index is 11.6. The van der Waals surface area contributed by atoms with Crippen molar-refractivity contribution >= 4 is 16.8 Å². The number of Topliss-reactive ketones (excluding diaryl/α,β-unsaturated/α-hetero) is 1. The summed E-state index contributed by atoms with van der Waals surface area (Å²) in [4.78, 5) is 19.3. The minimum Gasteiger partial charge on any atom is -0.338 e. The van der Waals surface area contributed by atoms with Crippen molar-refractivity contribution in [3.8, 4) is 11.4 Å². The van der Waals surface area contributed by atoms with Crippen LogP contribution >= 0.6 is 0 Å². The number of para-hydroxylation sites is 1. The molecular weight excluding hydrogens is 224 g/mol. The van der Waals surface area contributed by atoms with Crippen molar-refractivity contribution < 1.29 is 4.79 Å². The van der Waals surface area contributed by atoms with E-state index in [0.717, 1.165) is 22.4 Å².